The Hall–Kier alpha value is -3.02. The van der Waals surface area contributed by atoms with Crippen LogP contribution in [0.1, 0.15) is 29.8 Å². The topological polar surface area (TPSA) is 71.1 Å². The molecule has 0 spiro atoms. The third-order valence-corrected chi connectivity index (χ3v) is 4.21. The van der Waals surface area contributed by atoms with Gasteiger partial charge in [0.1, 0.15) is 6.61 Å². The molecule has 0 atom stereocenters. The molecule has 6 heteroatoms. The lowest BCUT2D eigenvalue weighted by molar-refractivity contribution is -0.137. The number of esters is 2. The standard InChI is InChI=1S/C20H20O6/c1-11(2)19(21)26-17-13(8-9-16(23-3)18(17)24-4)12-6-5-7-14-15(12)10-25-20(14)22/h5-9,11H,10H2,1-4H3. The van der Waals surface area contributed by atoms with E-state index in [0.29, 0.717) is 22.6 Å². The van der Waals surface area contributed by atoms with E-state index < -0.39 is 5.97 Å². The molecule has 3 rings (SSSR count). The summed E-state index contributed by atoms with van der Waals surface area (Å²) in [6.45, 7) is 3.68. The van der Waals surface area contributed by atoms with E-state index >= 15 is 0 Å². The maximum atomic E-state index is 12.3. The third kappa shape index (κ3) is 2.98. The first kappa shape index (κ1) is 17.8. The zero-order valence-electron chi connectivity index (χ0n) is 15.1. The summed E-state index contributed by atoms with van der Waals surface area (Å²) >= 11 is 0. The van der Waals surface area contributed by atoms with Gasteiger partial charge in [-0.25, -0.2) is 4.79 Å². The SMILES string of the molecule is COc1ccc(-c2cccc3c2COC3=O)c(OC(=O)C(C)C)c1OC. The van der Waals surface area contributed by atoms with Crippen LogP contribution in [0.25, 0.3) is 11.1 Å². The minimum atomic E-state index is -0.391. The van der Waals surface area contributed by atoms with Crippen molar-refractivity contribution < 1.29 is 28.5 Å². The minimum Gasteiger partial charge on any atom is -0.493 e. The van der Waals surface area contributed by atoms with E-state index in [1.165, 1.54) is 14.2 Å². The highest BCUT2D eigenvalue weighted by molar-refractivity contribution is 5.97. The van der Waals surface area contributed by atoms with Gasteiger partial charge in [-0.15, -0.1) is 0 Å². The van der Waals surface area contributed by atoms with Gasteiger partial charge in [-0.1, -0.05) is 26.0 Å². The lowest BCUT2D eigenvalue weighted by Crippen LogP contribution is -2.16. The van der Waals surface area contributed by atoms with Crippen LogP contribution >= 0.6 is 0 Å². The molecule has 0 saturated carbocycles. The molecule has 0 radical (unpaired) electrons. The molecular weight excluding hydrogens is 336 g/mol. The number of hydrogen-bond acceptors (Lipinski definition) is 6. The molecule has 0 bridgehead atoms. The monoisotopic (exact) mass is 356 g/mol. The first-order valence-corrected chi connectivity index (χ1v) is 8.24. The van der Waals surface area contributed by atoms with Crippen LogP contribution in [0.4, 0.5) is 0 Å². The molecule has 26 heavy (non-hydrogen) atoms. The number of fused-ring (bicyclic) bond motifs is 1. The van der Waals surface area contributed by atoms with Crippen LogP contribution in [0.3, 0.4) is 0 Å². The van der Waals surface area contributed by atoms with Crippen molar-refractivity contribution in [1.29, 1.82) is 0 Å². The van der Waals surface area contributed by atoms with Gasteiger partial charge in [0.15, 0.2) is 11.5 Å². The van der Waals surface area contributed by atoms with E-state index in [1.54, 1.807) is 38.1 Å². The highest BCUT2D eigenvalue weighted by Crippen LogP contribution is 2.46. The summed E-state index contributed by atoms with van der Waals surface area (Å²) in [5, 5.41) is 0. The summed E-state index contributed by atoms with van der Waals surface area (Å²) in [4.78, 5) is 24.1. The maximum absolute atomic E-state index is 12.3. The minimum absolute atomic E-state index is 0.177. The van der Waals surface area contributed by atoms with E-state index in [0.717, 1.165) is 11.1 Å². The van der Waals surface area contributed by atoms with E-state index in [1.807, 2.05) is 6.07 Å². The van der Waals surface area contributed by atoms with Crippen molar-refractivity contribution in [3.63, 3.8) is 0 Å². The Labute approximate surface area is 151 Å². The summed E-state index contributed by atoms with van der Waals surface area (Å²) in [5.74, 6) is -0.0335. The largest absolute Gasteiger partial charge is 0.493 e. The smallest absolute Gasteiger partial charge is 0.338 e. The average molecular weight is 356 g/mol. The Morgan fingerprint density at radius 1 is 1.00 bits per heavy atom. The van der Waals surface area contributed by atoms with Crippen molar-refractivity contribution in [3.05, 3.63) is 41.5 Å². The molecule has 2 aromatic rings. The number of carbonyl (C=O) groups is 2. The molecule has 0 amide bonds. The quantitative estimate of drug-likeness (QED) is 0.602. The van der Waals surface area contributed by atoms with Crippen LogP contribution in [-0.2, 0) is 16.1 Å². The van der Waals surface area contributed by atoms with Gasteiger partial charge in [-0.3, -0.25) is 4.79 Å². The molecule has 0 fully saturated rings. The molecule has 0 saturated heterocycles. The Kier molecular flexibility index (Phi) is 4.84. The van der Waals surface area contributed by atoms with Gasteiger partial charge in [0.2, 0.25) is 5.75 Å². The lowest BCUT2D eigenvalue weighted by atomic mass is 9.95. The second-order valence-electron chi connectivity index (χ2n) is 6.16. The Morgan fingerprint density at radius 3 is 2.38 bits per heavy atom. The summed E-state index contributed by atoms with van der Waals surface area (Å²) in [5.41, 5.74) is 2.65. The molecule has 1 aliphatic heterocycles. The van der Waals surface area contributed by atoms with Gasteiger partial charge in [0.05, 0.1) is 25.7 Å². The van der Waals surface area contributed by atoms with Crippen molar-refractivity contribution in [2.45, 2.75) is 20.5 Å². The zero-order chi connectivity index (χ0) is 18.8. The molecule has 1 heterocycles. The molecule has 6 nitrogen and oxygen atoms in total. The Morgan fingerprint density at radius 2 is 1.73 bits per heavy atom. The van der Waals surface area contributed by atoms with E-state index in [9.17, 15) is 9.59 Å². The fourth-order valence-electron chi connectivity index (χ4n) is 2.83. The molecule has 0 N–H and O–H groups in total. The van der Waals surface area contributed by atoms with Crippen molar-refractivity contribution in [3.8, 4) is 28.4 Å². The number of rotatable bonds is 5. The molecule has 1 aliphatic rings. The average Bonchev–Trinajstić information content (AvgIpc) is 3.02. The first-order valence-electron chi connectivity index (χ1n) is 8.24. The van der Waals surface area contributed by atoms with Crippen LogP contribution < -0.4 is 14.2 Å². The predicted octanol–water partition coefficient (Wildman–Crippen LogP) is 3.60. The number of ether oxygens (including phenoxy) is 4. The first-order chi connectivity index (χ1) is 12.5. The van der Waals surface area contributed by atoms with Crippen molar-refractivity contribution >= 4 is 11.9 Å². The highest BCUT2D eigenvalue weighted by Gasteiger charge is 2.28. The van der Waals surface area contributed by atoms with Gasteiger partial charge < -0.3 is 18.9 Å². The van der Waals surface area contributed by atoms with Crippen LogP contribution in [0, 0.1) is 5.92 Å². The number of benzene rings is 2. The van der Waals surface area contributed by atoms with E-state index in [-0.39, 0.29) is 24.2 Å². The number of carbonyl (C=O) groups excluding carboxylic acids is 2. The summed E-state index contributed by atoms with van der Waals surface area (Å²) in [6.07, 6.45) is 0. The third-order valence-electron chi connectivity index (χ3n) is 4.21. The van der Waals surface area contributed by atoms with Gasteiger partial charge in [-0.05, 0) is 23.8 Å². The molecule has 0 aromatic heterocycles. The highest BCUT2D eigenvalue weighted by atomic mass is 16.6. The van der Waals surface area contributed by atoms with Crippen LogP contribution in [0.2, 0.25) is 0 Å². The fraction of sp³-hybridized carbons (Fsp3) is 0.300. The van der Waals surface area contributed by atoms with Gasteiger partial charge in [-0.2, -0.15) is 0 Å². The predicted molar refractivity (Wildman–Crippen MR) is 94.6 cm³/mol. The Balaban J connectivity index is 2.22. The molecule has 0 aliphatic carbocycles. The van der Waals surface area contributed by atoms with Crippen molar-refractivity contribution in [2.75, 3.05) is 14.2 Å². The zero-order valence-corrected chi connectivity index (χ0v) is 15.1. The second-order valence-corrected chi connectivity index (χ2v) is 6.16. The van der Waals surface area contributed by atoms with Crippen molar-refractivity contribution in [1.82, 2.24) is 0 Å². The van der Waals surface area contributed by atoms with Gasteiger partial charge in [0.25, 0.3) is 0 Å². The molecule has 2 aromatic carbocycles. The second kappa shape index (κ2) is 7.07. The normalized spacial score (nSPS) is 12.6. The van der Waals surface area contributed by atoms with Gasteiger partial charge >= 0.3 is 11.9 Å². The van der Waals surface area contributed by atoms with Crippen LogP contribution in [0.5, 0.6) is 17.2 Å². The molecule has 0 unspecified atom stereocenters. The van der Waals surface area contributed by atoms with Crippen LogP contribution in [0.15, 0.2) is 30.3 Å². The van der Waals surface area contributed by atoms with E-state index in [4.69, 9.17) is 18.9 Å². The Bertz CT molecular complexity index is 869. The molecular formula is C20H20O6. The van der Waals surface area contributed by atoms with Gasteiger partial charge in [0, 0.05) is 11.1 Å². The fourth-order valence-corrected chi connectivity index (χ4v) is 2.83. The molecule has 136 valence electrons. The van der Waals surface area contributed by atoms with E-state index in [2.05, 4.69) is 0 Å². The maximum Gasteiger partial charge on any atom is 0.338 e. The van der Waals surface area contributed by atoms with Crippen molar-refractivity contribution in [2.24, 2.45) is 5.92 Å². The summed E-state index contributed by atoms with van der Waals surface area (Å²) in [7, 11) is 2.99. The number of cyclic esters (lactones) is 1. The van der Waals surface area contributed by atoms with Crippen LogP contribution in [-0.4, -0.2) is 26.2 Å². The number of hydrogen-bond donors (Lipinski definition) is 0. The lowest BCUT2D eigenvalue weighted by Gasteiger charge is -2.18. The summed E-state index contributed by atoms with van der Waals surface area (Å²) in [6, 6.07) is 8.86. The summed E-state index contributed by atoms with van der Waals surface area (Å²) < 4.78 is 21.6. The number of methoxy groups -OCH3 is 2.